The highest BCUT2D eigenvalue weighted by Crippen LogP contribution is 2.11. The number of aromatic nitrogens is 3. The molecule has 0 bridgehead atoms. The van der Waals surface area contributed by atoms with Gasteiger partial charge in [0.25, 0.3) is 5.91 Å². The number of hydrogen-bond acceptors (Lipinski definition) is 4. The van der Waals surface area contributed by atoms with Crippen LogP contribution >= 0.6 is 0 Å². The van der Waals surface area contributed by atoms with Crippen LogP contribution in [0.15, 0.2) is 54.0 Å². The number of hydrazone groups is 1. The van der Waals surface area contributed by atoms with Gasteiger partial charge >= 0.3 is 0 Å². The van der Waals surface area contributed by atoms with E-state index in [-0.39, 0.29) is 5.91 Å². The van der Waals surface area contributed by atoms with Crippen LogP contribution in [0.5, 0.6) is 0 Å². The summed E-state index contributed by atoms with van der Waals surface area (Å²) in [5, 5.41) is 4.13. The van der Waals surface area contributed by atoms with Gasteiger partial charge in [-0.2, -0.15) is 5.10 Å². The molecule has 0 saturated heterocycles. The molecule has 3 heterocycles. The molecule has 3 aromatic rings. The second-order valence-corrected chi connectivity index (χ2v) is 4.85. The first-order chi connectivity index (χ1) is 10.7. The molecule has 1 amide bonds. The van der Waals surface area contributed by atoms with Crippen molar-refractivity contribution in [1.82, 2.24) is 19.8 Å². The molecule has 0 aliphatic rings. The number of pyridine rings is 2. The van der Waals surface area contributed by atoms with Crippen molar-refractivity contribution in [3.63, 3.8) is 0 Å². The Kier molecular flexibility index (Phi) is 3.65. The maximum atomic E-state index is 12.4. The minimum absolute atomic E-state index is 0.292. The van der Waals surface area contributed by atoms with Gasteiger partial charge in [-0.3, -0.25) is 14.2 Å². The molecule has 0 aromatic carbocycles. The lowest BCUT2D eigenvalue weighted by Crippen LogP contribution is -2.21. The fourth-order valence-corrected chi connectivity index (χ4v) is 2.22. The van der Waals surface area contributed by atoms with E-state index in [9.17, 15) is 4.79 Å². The lowest BCUT2D eigenvalue weighted by atomic mass is 10.2. The van der Waals surface area contributed by atoms with Gasteiger partial charge in [0.05, 0.1) is 11.4 Å². The Labute approximate surface area is 127 Å². The van der Waals surface area contributed by atoms with Crippen molar-refractivity contribution in [1.29, 1.82) is 0 Å². The van der Waals surface area contributed by atoms with Crippen molar-refractivity contribution >= 4 is 17.3 Å². The average Bonchev–Trinajstić information content (AvgIpc) is 2.89. The maximum absolute atomic E-state index is 12.4. The summed E-state index contributed by atoms with van der Waals surface area (Å²) in [6, 6.07) is 9.30. The highest BCUT2D eigenvalue weighted by molar-refractivity contribution is 6.00. The van der Waals surface area contributed by atoms with E-state index in [1.54, 1.807) is 23.7 Å². The highest BCUT2D eigenvalue weighted by Gasteiger charge is 2.15. The molecule has 0 saturated carbocycles. The maximum Gasteiger partial charge on any atom is 0.290 e. The average molecular weight is 293 g/mol. The number of imidazole rings is 1. The standard InChI is InChI=1S/C16H15N5O/c1-11(13-6-5-8-17-10-13)19-20-16(22)15-12(2)18-14-7-3-4-9-21(14)15/h3-10H,1-2H3,(H,20,22)/b19-11-. The van der Waals surface area contributed by atoms with Crippen LogP contribution in [0.2, 0.25) is 0 Å². The molecule has 0 atom stereocenters. The number of fused-ring (bicyclic) bond motifs is 1. The van der Waals surface area contributed by atoms with Gasteiger partial charge in [-0.1, -0.05) is 12.1 Å². The Balaban J connectivity index is 1.87. The minimum Gasteiger partial charge on any atom is -0.295 e. The van der Waals surface area contributed by atoms with Crippen LogP contribution in [0, 0.1) is 6.92 Å². The topological polar surface area (TPSA) is 71.7 Å². The third-order valence-electron chi connectivity index (χ3n) is 3.32. The molecule has 3 aromatic heterocycles. The zero-order chi connectivity index (χ0) is 15.5. The number of nitrogens with zero attached hydrogens (tertiary/aromatic N) is 4. The zero-order valence-corrected chi connectivity index (χ0v) is 12.3. The van der Waals surface area contributed by atoms with Crippen molar-refractivity contribution < 1.29 is 4.79 Å². The van der Waals surface area contributed by atoms with Gasteiger partial charge in [0.2, 0.25) is 0 Å². The number of carbonyl (C=O) groups excluding carboxylic acids is 1. The molecule has 22 heavy (non-hydrogen) atoms. The number of aryl methyl sites for hydroxylation is 1. The number of amides is 1. The Bertz CT molecular complexity index is 851. The Hall–Kier alpha value is -3.02. The van der Waals surface area contributed by atoms with E-state index >= 15 is 0 Å². The second-order valence-electron chi connectivity index (χ2n) is 4.85. The summed E-state index contributed by atoms with van der Waals surface area (Å²) in [4.78, 5) is 20.8. The highest BCUT2D eigenvalue weighted by atomic mass is 16.2. The first kappa shape index (κ1) is 13.9. The normalized spacial score (nSPS) is 11.6. The molecule has 6 heteroatoms. The van der Waals surface area contributed by atoms with Gasteiger partial charge in [-0.25, -0.2) is 10.4 Å². The molecule has 6 nitrogen and oxygen atoms in total. The molecule has 0 spiro atoms. The van der Waals surface area contributed by atoms with Crippen LogP contribution in [0.25, 0.3) is 5.65 Å². The summed E-state index contributed by atoms with van der Waals surface area (Å²) in [5.74, 6) is -0.292. The van der Waals surface area contributed by atoms with Gasteiger partial charge in [0.15, 0.2) is 0 Å². The summed E-state index contributed by atoms with van der Waals surface area (Å²) in [7, 11) is 0. The molecule has 3 rings (SSSR count). The second kappa shape index (κ2) is 5.77. The van der Waals surface area contributed by atoms with Gasteiger partial charge < -0.3 is 0 Å². The lowest BCUT2D eigenvalue weighted by Gasteiger charge is -2.03. The van der Waals surface area contributed by atoms with Crippen molar-refractivity contribution in [2.45, 2.75) is 13.8 Å². The Morgan fingerprint density at radius 3 is 2.91 bits per heavy atom. The Morgan fingerprint density at radius 1 is 1.27 bits per heavy atom. The summed E-state index contributed by atoms with van der Waals surface area (Å²) in [5.41, 5.74) is 6.01. The van der Waals surface area contributed by atoms with E-state index in [4.69, 9.17) is 0 Å². The summed E-state index contributed by atoms with van der Waals surface area (Å²) >= 11 is 0. The first-order valence-corrected chi connectivity index (χ1v) is 6.85. The smallest absolute Gasteiger partial charge is 0.290 e. The number of hydrogen-bond donors (Lipinski definition) is 1. The van der Waals surface area contributed by atoms with Gasteiger partial charge in [-0.15, -0.1) is 0 Å². The lowest BCUT2D eigenvalue weighted by molar-refractivity contribution is 0.0948. The fraction of sp³-hybridized carbons (Fsp3) is 0.125. The van der Waals surface area contributed by atoms with Gasteiger partial charge in [-0.05, 0) is 32.0 Å². The molecule has 0 aliphatic carbocycles. The molecule has 0 radical (unpaired) electrons. The first-order valence-electron chi connectivity index (χ1n) is 6.85. The third kappa shape index (κ3) is 2.58. The van der Waals surface area contributed by atoms with E-state index in [1.807, 2.05) is 43.5 Å². The summed E-state index contributed by atoms with van der Waals surface area (Å²) in [6.45, 7) is 3.62. The van der Waals surface area contributed by atoms with Gasteiger partial charge in [0.1, 0.15) is 11.3 Å². The molecule has 110 valence electrons. The fourth-order valence-electron chi connectivity index (χ4n) is 2.22. The van der Waals surface area contributed by atoms with E-state index in [0.717, 1.165) is 11.2 Å². The third-order valence-corrected chi connectivity index (χ3v) is 3.32. The van der Waals surface area contributed by atoms with Crippen LogP contribution in [0.1, 0.15) is 28.7 Å². The van der Waals surface area contributed by atoms with E-state index < -0.39 is 0 Å². The summed E-state index contributed by atoms with van der Waals surface area (Å²) < 4.78 is 1.75. The monoisotopic (exact) mass is 293 g/mol. The largest absolute Gasteiger partial charge is 0.295 e. The van der Waals surface area contributed by atoms with Crippen LogP contribution in [0.4, 0.5) is 0 Å². The predicted molar refractivity (Wildman–Crippen MR) is 83.8 cm³/mol. The van der Waals surface area contributed by atoms with Crippen molar-refractivity contribution in [2.24, 2.45) is 5.10 Å². The predicted octanol–water partition coefficient (Wildman–Crippen LogP) is 2.19. The molecule has 0 aliphatic heterocycles. The van der Waals surface area contributed by atoms with Crippen molar-refractivity contribution in [3.8, 4) is 0 Å². The van der Waals surface area contributed by atoms with Crippen molar-refractivity contribution in [3.05, 3.63) is 65.9 Å². The zero-order valence-electron chi connectivity index (χ0n) is 12.3. The number of nitrogens with one attached hydrogen (secondary N) is 1. The van der Waals surface area contributed by atoms with Crippen LogP contribution in [-0.2, 0) is 0 Å². The molecular formula is C16H15N5O. The van der Waals surface area contributed by atoms with Gasteiger partial charge in [0, 0.05) is 24.2 Å². The minimum atomic E-state index is -0.292. The molecule has 0 fully saturated rings. The summed E-state index contributed by atoms with van der Waals surface area (Å²) in [6.07, 6.45) is 5.20. The quantitative estimate of drug-likeness (QED) is 0.594. The van der Waals surface area contributed by atoms with E-state index in [1.165, 1.54) is 0 Å². The molecular weight excluding hydrogens is 278 g/mol. The van der Waals surface area contributed by atoms with Crippen molar-refractivity contribution in [2.75, 3.05) is 0 Å². The molecule has 0 unspecified atom stereocenters. The van der Waals surface area contributed by atoms with Crippen LogP contribution in [-0.4, -0.2) is 26.0 Å². The number of carbonyl (C=O) groups is 1. The van der Waals surface area contributed by atoms with Crippen LogP contribution in [0.3, 0.4) is 0 Å². The van der Waals surface area contributed by atoms with E-state index in [2.05, 4.69) is 20.5 Å². The molecule has 1 N–H and O–H groups in total. The Morgan fingerprint density at radius 2 is 2.14 bits per heavy atom. The van der Waals surface area contributed by atoms with Crippen LogP contribution < -0.4 is 5.43 Å². The van der Waals surface area contributed by atoms with E-state index in [0.29, 0.717) is 17.1 Å². The number of rotatable bonds is 3. The SMILES string of the molecule is C/C(=N/NC(=O)c1c(C)nc2ccccn12)c1cccnc1.